The van der Waals surface area contributed by atoms with Gasteiger partial charge in [0.05, 0.1) is 27.9 Å². The van der Waals surface area contributed by atoms with Crippen molar-refractivity contribution < 1.29 is 17.6 Å². The number of fused-ring (bicyclic) bond motifs is 1. The molecule has 0 saturated heterocycles. The van der Waals surface area contributed by atoms with E-state index < -0.39 is 10.0 Å². The molecular formula is C23H23N3O4S2. The summed E-state index contributed by atoms with van der Waals surface area (Å²) in [7, 11) is -0.636. The number of rotatable bonds is 7. The Balaban J connectivity index is 1.73. The molecule has 1 amide bonds. The van der Waals surface area contributed by atoms with Crippen LogP contribution in [0.25, 0.3) is 10.2 Å². The molecule has 7 nitrogen and oxygen atoms in total. The maximum absolute atomic E-state index is 13.5. The van der Waals surface area contributed by atoms with Crippen LogP contribution in [0.2, 0.25) is 0 Å². The zero-order valence-electron chi connectivity index (χ0n) is 18.0. The van der Waals surface area contributed by atoms with Crippen molar-refractivity contribution in [2.24, 2.45) is 0 Å². The highest BCUT2D eigenvalue weighted by Crippen LogP contribution is 2.33. The van der Waals surface area contributed by atoms with Gasteiger partial charge in [-0.05, 0) is 54.4 Å². The Labute approximate surface area is 191 Å². The number of thiazole rings is 1. The summed E-state index contributed by atoms with van der Waals surface area (Å²) in [6.45, 7) is 2.29. The molecule has 2 aromatic carbocycles. The molecule has 0 spiro atoms. The number of nitrogens with zero attached hydrogens (tertiary/aromatic N) is 3. The predicted molar refractivity (Wildman–Crippen MR) is 126 cm³/mol. The lowest BCUT2D eigenvalue weighted by molar-refractivity contribution is 0.0983. The molecule has 32 heavy (non-hydrogen) atoms. The minimum Gasteiger partial charge on any atom is -0.467 e. The van der Waals surface area contributed by atoms with Gasteiger partial charge in [0.25, 0.3) is 5.91 Å². The Morgan fingerprint density at radius 3 is 2.44 bits per heavy atom. The van der Waals surface area contributed by atoms with Crippen LogP contribution in [-0.2, 0) is 23.0 Å². The first-order valence-corrected chi connectivity index (χ1v) is 12.3. The van der Waals surface area contributed by atoms with Crippen molar-refractivity contribution in [3.8, 4) is 0 Å². The fourth-order valence-corrected chi connectivity index (χ4v) is 5.23. The van der Waals surface area contributed by atoms with E-state index in [1.54, 1.807) is 23.3 Å². The molecule has 0 fully saturated rings. The van der Waals surface area contributed by atoms with E-state index in [9.17, 15) is 13.2 Å². The minimum atomic E-state index is -3.57. The van der Waals surface area contributed by atoms with Crippen molar-refractivity contribution in [1.29, 1.82) is 0 Å². The Morgan fingerprint density at radius 1 is 1.06 bits per heavy atom. The normalized spacial score (nSPS) is 11.9. The number of para-hydroxylation sites is 1. The quantitative estimate of drug-likeness (QED) is 0.397. The molecule has 0 unspecified atom stereocenters. The summed E-state index contributed by atoms with van der Waals surface area (Å²) in [6.07, 6.45) is 2.40. The molecule has 0 radical (unpaired) electrons. The molecule has 9 heteroatoms. The zero-order valence-corrected chi connectivity index (χ0v) is 19.6. The van der Waals surface area contributed by atoms with E-state index in [-0.39, 0.29) is 17.3 Å². The van der Waals surface area contributed by atoms with Gasteiger partial charge in [0.15, 0.2) is 5.13 Å². The van der Waals surface area contributed by atoms with E-state index in [4.69, 9.17) is 9.40 Å². The lowest BCUT2D eigenvalue weighted by atomic mass is 10.1. The lowest BCUT2D eigenvalue weighted by Crippen LogP contribution is -2.30. The summed E-state index contributed by atoms with van der Waals surface area (Å²) in [5.74, 6) is 0.340. The molecule has 0 saturated carbocycles. The van der Waals surface area contributed by atoms with Crippen LogP contribution in [0.3, 0.4) is 0 Å². The molecule has 0 aliphatic heterocycles. The Morgan fingerprint density at radius 2 is 1.81 bits per heavy atom. The minimum absolute atomic E-state index is 0.129. The number of benzene rings is 2. The molecule has 166 valence electrons. The summed E-state index contributed by atoms with van der Waals surface area (Å²) in [5.41, 5.74) is 2.37. The van der Waals surface area contributed by atoms with E-state index in [0.29, 0.717) is 16.5 Å². The number of furan rings is 1. The molecule has 4 aromatic rings. The average Bonchev–Trinajstić information content (AvgIpc) is 3.46. The van der Waals surface area contributed by atoms with Crippen LogP contribution in [0.5, 0.6) is 0 Å². The highest BCUT2D eigenvalue weighted by atomic mass is 32.2. The first kappa shape index (κ1) is 22.2. The van der Waals surface area contributed by atoms with Crippen molar-refractivity contribution in [1.82, 2.24) is 9.29 Å². The zero-order chi connectivity index (χ0) is 22.9. The van der Waals surface area contributed by atoms with Crippen LogP contribution >= 0.6 is 11.3 Å². The van der Waals surface area contributed by atoms with Gasteiger partial charge in [-0.1, -0.05) is 30.4 Å². The van der Waals surface area contributed by atoms with Gasteiger partial charge in [-0.15, -0.1) is 0 Å². The number of aryl methyl sites for hydroxylation is 1. The predicted octanol–water partition coefficient (Wildman–Crippen LogP) is 4.55. The number of carbonyl (C=O) groups excluding carboxylic acids is 1. The van der Waals surface area contributed by atoms with Crippen LogP contribution in [0.15, 0.2) is 70.2 Å². The maximum atomic E-state index is 13.5. The largest absolute Gasteiger partial charge is 0.467 e. The molecule has 0 atom stereocenters. The monoisotopic (exact) mass is 469 g/mol. The first-order valence-electron chi connectivity index (χ1n) is 10.1. The van der Waals surface area contributed by atoms with Crippen molar-refractivity contribution >= 4 is 42.6 Å². The number of carbonyl (C=O) groups is 1. The van der Waals surface area contributed by atoms with Crippen molar-refractivity contribution in [3.63, 3.8) is 0 Å². The SMILES string of the molecule is CCc1cccc2sc(N(Cc3ccco3)C(=O)c3ccc(S(=O)(=O)N(C)C)cc3)nc12. The molecule has 0 bridgehead atoms. The third kappa shape index (κ3) is 4.19. The molecule has 4 rings (SSSR count). The Kier molecular flexibility index (Phi) is 6.14. The summed E-state index contributed by atoms with van der Waals surface area (Å²) >= 11 is 1.44. The van der Waals surface area contributed by atoms with Gasteiger partial charge in [-0.2, -0.15) is 0 Å². The van der Waals surface area contributed by atoms with Gasteiger partial charge in [-0.25, -0.2) is 17.7 Å². The summed E-state index contributed by atoms with van der Waals surface area (Å²) in [6, 6.07) is 15.5. The number of amides is 1. The number of hydrogen-bond acceptors (Lipinski definition) is 6. The topological polar surface area (TPSA) is 83.7 Å². The molecule has 2 heterocycles. The number of aromatic nitrogens is 1. The Hall–Kier alpha value is -3.01. The second-order valence-electron chi connectivity index (χ2n) is 7.40. The molecular weight excluding hydrogens is 446 g/mol. The highest BCUT2D eigenvalue weighted by Gasteiger charge is 2.24. The lowest BCUT2D eigenvalue weighted by Gasteiger charge is -2.19. The average molecular weight is 470 g/mol. The fourth-order valence-electron chi connectivity index (χ4n) is 3.32. The molecule has 0 aliphatic rings. The summed E-state index contributed by atoms with van der Waals surface area (Å²) in [4.78, 5) is 20.0. The van der Waals surface area contributed by atoms with Crippen molar-refractivity contribution in [2.75, 3.05) is 19.0 Å². The van der Waals surface area contributed by atoms with Gasteiger partial charge in [0, 0.05) is 19.7 Å². The van der Waals surface area contributed by atoms with Crippen LogP contribution in [0.4, 0.5) is 5.13 Å². The van der Waals surface area contributed by atoms with Crippen LogP contribution in [-0.4, -0.2) is 37.7 Å². The van der Waals surface area contributed by atoms with Gasteiger partial charge in [0.2, 0.25) is 10.0 Å². The second kappa shape index (κ2) is 8.85. The van der Waals surface area contributed by atoms with Crippen LogP contribution in [0.1, 0.15) is 28.6 Å². The summed E-state index contributed by atoms with van der Waals surface area (Å²) < 4.78 is 32.3. The second-order valence-corrected chi connectivity index (χ2v) is 10.6. The van der Waals surface area contributed by atoms with Gasteiger partial charge in [0.1, 0.15) is 5.76 Å². The molecule has 0 N–H and O–H groups in total. The highest BCUT2D eigenvalue weighted by molar-refractivity contribution is 7.89. The standard InChI is InChI=1S/C23H23N3O4S2/c1-4-16-7-5-9-20-21(16)24-23(31-20)26(15-18-8-6-14-30-18)22(27)17-10-12-19(13-11-17)32(28,29)25(2)3/h5-14H,4,15H2,1-3H3. The number of anilines is 1. The van der Waals surface area contributed by atoms with Gasteiger partial charge in [-0.3, -0.25) is 9.69 Å². The van der Waals surface area contributed by atoms with E-state index in [2.05, 4.69) is 6.92 Å². The third-order valence-corrected chi connectivity index (χ3v) is 8.00. The number of sulfonamides is 1. The Bertz CT molecular complexity index is 1340. The first-order chi connectivity index (χ1) is 15.3. The van der Waals surface area contributed by atoms with E-state index in [0.717, 1.165) is 26.5 Å². The third-order valence-electron chi connectivity index (χ3n) is 5.12. The van der Waals surface area contributed by atoms with E-state index >= 15 is 0 Å². The van der Waals surface area contributed by atoms with E-state index in [1.165, 1.54) is 49.7 Å². The van der Waals surface area contributed by atoms with Crippen molar-refractivity contribution in [3.05, 3.63) is 77.7 Å². The van der Waals surface area contributed by atoms with Crippen LogP contribution < -0.4 is 4.90 Å². The van der Waals surface area contributed by atoms with E-state index in [1.807, 2.05) is 18.2 Å². The number of hydrogen-bond donors (Lipinski definition) is 0. The molecule has 2 aromatic heterocycles. The van der Waals surface area contributed by atoms with Gasteiger partial charge >= 0.3 is 0 Å². The molecule has 0 aliphatic carbocycles. The van der Waals surface area contributed by atoms with Gasteiger partial charge < -0.3 is 4.42 Å². The fraction of sp³-hybridized carbons (Fsp3) is 0.217. The summed E-state index contributed by atoms with van der Waals surface area (Å²) in [5, 5.41) is 0.562. The smallest absolute Gasteiger partial charge is 0.260 e. The maximum Gasteiger partial charge on any atom is 0.260 e. The van der Waals surface area contributed by atoms with Crippen molar-refractivity contribution in [2.45, 2.75) is 24.8 Å². The van der Waals surface area contributed by atoms with Crippen LogP contribution in [0, 0.1) is 0 Å².